The Hall–Kier alpha value is -3.56. The first-order valence-corrected chi connectivity index (χ1v) is 12.7. The van der Waals surface area contributed by atoms with Crippen LogP contribution in [-0.2, 0) is 9.59 Å². The number of ether oxygens (including phenoxy) is 1. The predicted octanol–water partition coefficient (Wildman–Crippen LogP) is 4.12. The number of nitrogens with zero attached hydrogens (tertiary/aromatic N) is 1. The van der Waals surface area contributed by atoms with Crippen LogP contribution in [0, 0.1) is 5.92 Å². The zero-order chi connectivity index (χ0) is 25.4. The number of Topliss-reactive ketones (excluding diaryl/α,β-unsaturated/α-hetero) is 2. The third-order valence-corrected chi connectivity index (χ3v) is 8.17. The molecule has 2 heterocycles. The van der Waals surface area contributed by atoms with E-state index in [2.05, 4.69) is 10.3 Å². The van der Waals surface area contributed by atoms with Crippen molar-refractivity contribution in [2.45, 2.75) is 43.2 Å². The van der Waals surface area contributed by atoms with Gasteiger partial charge in [0.25, 0.3) is 5.19 Å². The van der Waals surface area contributed by atoms with Crippen LogP contribution >= 0.6 is 11.3 Å². The number of hydrogen-bond donors (Lipinski definition) is 3. The van der Waals surface area contributed by atoms with Crippen LogP contribution in [0.25, 0.3) is 11.3 Å². The molecule has 1 aromatic heterocycles. The number of anilines is 1. The molecule has 9 heteroatoms. The Kier molecular flexibility index (Phi) is 6.36. The molecule has 1 fully saturated rings. The first kappa shape index (κ1) is 24.1. The Morgan fingerprint density at radius 2 is 2.00 bits per heavy atom. The second-order valence-electron chi connectivity index (χ2n) is 9.47. The molecule has 0 amide bonds. The van der Waals surface area contributed by atoms with Gasteiger partial charge in [-0.3, -0.25) is 14.4 Å². The molecule has 2 aliphatic rings. The van der Waals surface area contributed by atoms with Crippen LogP contribution < -0.4 is 15.8 Å². The third-order valence-electron chi connectivity index (χ3n) is 7.37. The summed E-state index contributed by atoms with van der Waals surface area (Å²) in [5, 5.41) is 16.1. The number of nitrogens with one attached hydrogen (secondary N) is 1. The maximum atomic E-state index is 13.3. The van der Waals surface area contributed by atoms with Crippen LogP contribution in [0.3, 0.4) is 0 Å². The number of carboxylic acids is 1. The fraction of sp³-hybridized carbons (Fsp3) is 0.333. The number of ketones is 2. The van der Waals surface area contributed by atoms with Gasteiger partial charge >= 0.3 is 5.97 Å². The van der Waals surface area contributed by atoms with Crippen molar-refractivity contribution in [3.8, 4) is 16.5 Å². The number of carbonyl (C=O) groups is 3. The minimum absolute atomic E-state index is 0.0353. The fourth-order valence-electron chi connectivity index (χ4n) is 5.69. The number of rotatable bonds is 8. The number of benzene rings is 2. The van der Waals surface area contributed by atoms with Crippen molar-refractivity contribution < 1.29 is 24.2 Å². The zero-order valence-corrected chi connectivity index (χ0v) is 20.6. The number of fused-ring (bicyclic) bond motifs is 2. The average molecular weight is 506 g/mol. The van der Waals surface area contributed by atoms with Crippen LogP contribution in [0.15, 0.2) is 53.9 Å². The number of carboxylic acid groups (broad SMARTS) is 1. The molecule has 4 atom stereocenters. The number of nitrogens with two attached hydrogens (primary N) is 1. The van der Waals surface area contributed by atoms with Crippen molar-refractivity contribution in [3.63, 3.8) is 0 Å². The molecule has 0 bridgehead atoms. The molecule has 4 N–H and O–H groups in total. The number of carbonyl (C=O) groups excluding carboxylic acids is 2. The quantitative estimate of drug-likeness (QED) is 0.308. The van der Waals surface area contributed by atoms with Crippen molar-refractivity contribution in [2.24, 2.45) is 11.7 Å². The highest BCUT2D eigenvalue weighted by Gasteiger charge is 2.53. The molecular formula is C27H27N3O5S. The van der Waals surface area contributed by atoms with Gasteiger partial charge in [0.1, 0.15) is 5.54 Å². The topological polar surface area (TPSA) is 132 Å². The number of para-hydroxylation sites is 1. The van der Waals surface area contributed by atoms with Crippen LogP contribution in [-0.4, -0.2) is 46.3 Å². The number of hydrogen-bond acceptors (Lipinski definition) is 8. The summed E-state index contributed by atoms with van der Waals surface area (Å²) in [6.07, 6.45) is 2.08. The smallest absolute Gasteiger partial charge is 0.324 e. The Morgan fingerprint density at radius 1 is 1.19 bits per heavy atom. The molecule has 1 saturated carbocycles. The van der Waals surface area contributed by atoms with E-state index in [-0.39, 0.29) is 17.5 Å². The van der Waals surface area contributed by atoms with Crippen molar-refractivity contribution in [3.05, 3.63) is 65.0 Å². The SMILES string of the molecule is COc1nc(-c2cccc(C(=O)C(=O)CC(N)(C(=O)O)C3c4ccccc4NC4CCCC43)c2)cs1. The van der Waals surface area contributed by atoms with Gasteiger partial charge in [0.15, 0.2) is 0 Å². The molecule has 2 aromatic carbocycles. The number of aromatic nitrogens is 1. The summed E-state index contributed by atoms with van der Waals surface area (Å²) >= 11 is 1.32. The highest BCUT2D eigenvalue weighted by atomic mass is 32.1. The van der Waals surface area contributed by atoms with Crippen LogP contribution in [0.2, 0.25) is 0 Å². The second-order valence-corrected chi connectivity index (χ2v) is 10.3. The monoisotopic (exact) mass is 505 g/mol. The number of thiazole rings is 1. The molecule has 1 aliphatic carbocycles. The van der Waals surface area contributed by atoms with E-state index in [1.165, 1.54) is 18.4 Å². The molecule has 8 nitrogen and oxygen atoms in total. The van der Waals surface area contributed by atoms with E-state index >= 15 is 0 Å². The lowest BCUT2D eigenvalue weighted by molar-refractivity contribution is -0.146. The largest absolute Gasteiger partial charge is 0.480 e. The second kappa shape index (κ2) is 9.48. The fourth-order valence-corrected chi connectivity index (χ4v) is 6.33. The summed E-state index contributed by atoms with van der Waals surface area (Å²) in [5.74, 6) is -3.49. The lowest BCUT2D eigenvalue weighted by atomic mass is 9.66. The van der Waals surface area contributed by atoms with Gasteiger partial charge in [0, 0.05) is 40.6 Å². The maximum absolute atomic E-state index is 13.3. The van der Waals surface area contributed by atoms with E-state index in [1.54, 1.807) is 29.6 Å². The van der Waals surface area contributed by atoms with Gasteiger partial charge in [0.2, 0.25) is 11.6 Å². The van der Waals surface area contributed by atoms with E-state index < -0.39 is 35.4 Å². The van der Waals surface area contributed by atoms with Crippen molar-refractivity contribution >= 4 is 34.6 Å². The first-order valence-electron chi connectivity index (χ1n) is 11.9. The van der Waals surface area contributed by atoms with E-state index in [1.807, 2.05) is 24.3 Å². The van der Waals surface area contributed by atoms with Gasteiger partial charge in [-0.05, 0) is 36.5 Å². The number of aliphatic carboxylic acids is 1. The number of methoxy groups -OCH3 is 1. The lowest BCUT2D eigenvalue weighted by Gasteiger charge is -2.44. The molecule has 36 heavy (non-hydrogen) atoms. The molecular weight excluding hydrogens is 478 g/mol. The average Bonchev–Trinajstić information content (AvgIpc) is 3.56. The van der Waals surface area contributed by atoms with E-state index in [0.29, 0.717) is 16.5 Å². The summed E-state index contributed by atoms with van der Waals surface area (Å²) in [7, 11) is 1.53. The summed E-state index contributed by atoms with van der Waals surface area (Å²) in [4.78, 5) is 43.5. The zero-order valence-electron chi connectivity index (χ0n) is 19.8. The molecule has 186 valence electrons. The first-order chi connectivity index (χ1) is 17.3. The molecule has 5 rings (SSSR count). The van der Waals surface area contributed by atoms with E-state index in [4.69, 9.17) is 10.5 Å². The van der Waals surface area contributed by atoms with Gasteiger partial charge in [-0.25, -0.2) is 4.98 Å². The van der Waals surface area contributed by atoms with E-state index in [9.17, 15) is 19.5 Å². The highest BCUT2D eigenvalue weighted by Crippen LogP contribution is 2.50. The standard InChI is InChI=1S/C27H27N3O5S/c1-35-26-30-21(14-36-26)15-6-4-7-16(12-15)24(32)22(31)13-27(28,25(33)34)23-17-8-2-3-10-19(17)29-20-11-5-9-18(20)23/h2-4,6-8,10,12,14,18,20,23,29H,5,9,11,13,28H2,1H3,(H,33,34). The van der Waals surface area contributed by atoms with Crippen LogP contribution in [0.1, 0.15) is 47.5 Å². The van der Waals surface area contributed by atoms with Gasteiger partial charge in [-0.1, -0.05) is 54.2 Å². The van der Waals surface area contributed by atoms with Gasteiger partial charge in [-0.15, -0.1) is 0 Å². The van der Waals surface area contributed by atoms with Crippen molar-refractivity contribution in [1.29, 1.82) is 0 Å². The Morgan fingerprint density at radius 3 is 2.75 bits per heavy atom. The molecule has 0 saturated heterocycles. The van der Waals surface area contributed by atoms with Gasteiger partial charge in [0.05, 0.1) is 12.8 Å². The Labute approximate surface area is 212 Å². The van der Waals surface area contributed by atoms with E-state index in [0.717, 1.165) is 30.5 Å². The summed E-state index contributed by atoms with van der Waals surface area (Å²) < 4.78 is 5.13. The Balaban J connectivity index is 1.45. The van der Waals surface area contributed by atoms with Crippen molar-refractivity contribution in [1.82, 2.24) is 4.98 Å². The van der Waals surface area contributed by atoms with Crippen LogP contribution in [0.5, 0.6) is 5.19 Å². The normalized spacial score (nSPS) is 22.0. The summed E-state index contributed by atoms with van der Waals surface area (Å²) in [6, 6.07) is 14.2. The van der Waals surface area contributed by atoms with Gasteiger partial charge < -0.3 is 20.9 Å². The molecule has 1 aliphatic heterocycles. The lowest BCUT2D eigenvalue weighted by Crippen LogP contribution is -2.59. The highest BCUT2D eigenvalue weighted by molar-refractivity contribution is 7.11. The van der Waals surface area contributed by atoms with Crippen LogP contribution in [0.4, 0.5) is 5.69 Å². The van der Waals surface area contributed by atoms with Crippen molar-refractivity contribution in [2.75, 3.05) is 12.4 Å². The molecule has 0 radical (unpaired) electrons. The maximum Gasteiger partial charge on any atom is 0.324 e. The molecule has 0 spiro atoms. The third kappa shape index (κ3) is 4.18. The van der Waals surface area contributed by atoms with Gasteiger partial charge in [-0.2, -0.15) is 0 Å². The predicted molar refractivity (Wildman–Crippen MR) is 137 cm³/mol. The minimum Gasteiger partial charge on any atom is -0.480 e. The summed E-state index contributed by atoms with van der Waals surface area (Å²) in [6.45, 7) is 0. The Bertz CT molecular complexity index is 1340. The minimum atomic E-state index is -1.92. The molecule has 3 aromatic rings. The molecule has 4 unspecified atom stereocenters. The summed E-state index contributed by atoms with van der Waals surface area (Å²) in [5.41, 5.74) is 7.77.